The molecule has 150 valence electrons. The molecule has 1 aromatic carbocycles. The molecule has 2 rings (SSSR count). The van der Waals surface area contributed by atoms with Gasteiger partial charge in [0, 0.05) is 6.92 Å². The lowest BCUT2D eigenvalue weighted by molar-refractivity contribution is -0.388. The van der Waals surface area contributed by atoms with Crippen molar-refractivity contribution in [2.75, 3.05) is 6.61 Å². The number of aromatic nitrogens is 2. The van der Waals surface area contributed by atoms with E-state index in [0.29, 0.717) is 17.7 Å². The summed E-state index contributed by atoms with van der Waals surface area (Å²) in [5.74, 6) is -0.211. The molecule has 8 nitrogen and oxygen atoms in total. The van der Waals surface area contributed by atoms with Gasteiger partial charge in [-0.25, -0.2) is 0 Å². The van der Waals surface area contributed by atoms with E-state index in [4.69, 9.17) is 5.26 Å². The zero-order valence-corrected chi connectivity index (χ0v) is 15.3. The normalized spacial score (nSPS) is 10.5. The summed E-state index contributed by atoms with van der Waals surface area (Å²) in [6.45, 7) is 4.80. The number of nitro groups is 1. The molecule has 2 aromatic rings. The van der Waals surface area contributed by atoms with Crippen molar-refractivity contribution in [3.63, 3.8) is 0 Å². The number of rotatable bonds is 4. The van der Waals surface area contributed by atoms with Crippen LogP contribution in [0.25, 0.3) is 0 Å². The summed E-state index contributed by atoms with van der Waals surface area (Å²) >= 11 is 0. The first-order chi connectivity index (χ1) is 13.0. The average Bonchev–Trinajstić information content (AvgIpc) is 2.93. The lowest BCUT2D eigenvalue weighted by atomic mass is 10.1. The van der Waals surface area contributed by atoms with Gasteiger partial charge >= 0.3 is 17.8 Å². The van der Waals surface area contributed by atoms with E-state index in [9.17, 15) is 28.1 Å². The molecule has 1 aromatic heterocycles. The molecule has 0 atom stereocenters. The van der Waals surface area contributed by atoms with Crippen LogP contribution in [0.2, 0.25) is 0 Å². The molecule has 1 heterocycles. The second-order valence-corrected chi connectivity index (χ2v) is 5.43. The van der Waals surface area contributed by atoms with Gasteiger partial charge in [0.2, 0.25) is 5.69 Å². The minimum absolute atomic E-state index is 0.0610. The van der Waals surface area contributed by atoms with E-state index in [1.54, 1.807) is 19.1 Å². The summed E-state index contributed by atoms with van der Waals surface area (Å²) in [6.07, 6.45) is -4.90. The van der Waals surface area contributed by atoms with E-state index >= 15 is 0 Å². The third-order valence-corrected chi connectivity index (χ3v) is 3.39. The summed E-state index contributed by atoms with van der Waals surface area (Å²) in [5, 5.41) is 22.9. The number of alkyl halides is 3. The third kappa shape index (κ3) is 6.08. The Morgan fingerprint density at radius 2 is 1.93 bits per heavy atom. The first-order valence-corrected chi connectivity index (χ1v) is 7.92. The molecule has 0 saturated carbocycles. The highest BCUT2D eigenvalue weighted by Crippen LogP contribution is 2.37. The molecule has 0 radical (unpaired) electrons. The van der Waals surface area contributed by atoms with Crippen molar-refractivity contribution in [2.45, 2.75) is 33.5 Å². The molecule has 0 amide bonds. The van der Waals surface area contributed by atoms with E-state index in [1.165, 1.54) is 26.0 Å². The maximum atomic E-state index is 12.8. The Bertz CT molecular complexity index is 884. The Morgan fingerprint density at radius 1 is 1.36 bits per heavy atom. The van der Waals surface area contributed by atoms with Crippen LogP contribution in [0.4, 0.5) is 18.9 Å². The van der Waals surface area contributed by atoms with E-state index < -0.39 is 22.5 Å². The van der Waals surface area contributed by atoms with Gasteiger partial charge in [-0.1, -0.05) is 12.1 Å². The van der Waals surface area contributed by atoms with Gasteiger partial charge in [-0.2, -0.15) is 23.5 Å². The largest absolute Gasteiger partial charge is 0.466 e. The van der Waals surface area contributed by atoms with Crippen LogP contribution < -0.4 is 0 Å². The van der Waals surface area contributed by atoms with Crippen molar-refractivity contribution in [1.82, 2.24) is 9.78 Å². The number of carbonyl (C=O) groups is 1. The first-order valence-electron chi connectivity index (χ1n) is 7.92. The number of ether oxygens (including phenoxy) is 1. The standard InChI is InChI=1S/C13H9F3N4O2.C4H8O2/c1-8-11(20(21)22)12(13(14,15)16)18-19(8)7-10-4-2-9(6-17)3-5-10;1-3-6-4(2)5/h2-5H,7H2,1H3;3H2,1-2H3. The molecule has 0 saturated heterocycles. The van der Waals surface area contributed by atoms with Gasteiger partial charge in [0.25, 0.3) is 0 Å². The lowest BCUT2D eigenvalue weighted by Gasteiger charge is -2.04. The molecule has 0 aliphatic rings. The number of hydrogen-bond acceptors (Lipinski definition) is 6. The van der Waals surface area contributed by atoms with Crippen LogP contribution in [-0.2, 0) is 22.3 Å². The fourth-order valence-corrected chi connectivity index (χ4v) is 2.16. The van der Waals surface area contributed by atoms with Crippen molar-refractivity contribution in [3.05, 3.63) is 56.9 Å². The Kier molecular flexibility index (Phi) is 7.67. The number of hydrogen-bond donors (Lipinski definition) is 0. The van der Waals surface area contributed by atoms with Crippen LogP contribution in [0.5, 0.6) is 0 Å². The molecule has 0 aliphatic heterocycles. The minimum atomic E-state index is -4.90. The molecular weight excluding hydrogens is 381 g/mol. The summed E-state index contributed by atoms with van der Waals surface area (Å²) in [4.78, 5) is 19.6. The van der Waals surface area contributed by atoms with Crippen LogP contribution in [0.3, 0.4) is 0 Å². The predicted molar refractivity (Wildman–Crippen MR) is 91.2 cm³/mol. The fraction of sp³-hybridized carbons (Fsp3) is 0.353. The monoisotopic (exact) mass is 398 g/mol. The summed E-state index contributed by atoms with van der Waals surface area (Å²) in [6, 6.07) is 8.04. The van der Waals surface area contributed by atoms with Crippen LogP contribution in [0.1, 0.15) is 36.4 Å². The molecule has 0 unspecified atom stereocenters. The molecule has 0 aliphatic carbocycles. The van der Waals surface area contributed by atoms with Gasteiger partial charge in [-0.3, -0.25) is 19.6 Å². The van der Waals surface area contributed by atoms with Gasteiger partial charge in [-0.05, 0) is 31.5 Å². The van der Waals surface area contributed by atoms with Crippen molar-refractivity contribution in [3.8, 4) is 6.07 Å². The topological polar surface area (TPSA) is 111 Å². The second kappa shape index (κ2) is 9.50. The van der Waals surface area contributed by atoms with Crippen LogP contribution in [0, 0.1) is 28.4 Å². The third-order valence-electron chi connectivity index (χ3n) is 3.39. The maximum absolute atomic E-state index is 12.8. The van der Waals surface area contributed by atoms with Crippen LogP contribution >= 0.6 is 0 Å². The van der Waals surface area contributed by atoms with Gasteiger partial charge < -0.3 is 4.74 Å². The van der Waals surface area contributed by atoms with Gasteiger partial charge in [0.1, 0.15) is 5.69 Å². The quantitative estimate of drug-likeness (QED) is 0.442. The number of esters is 1. The first kappa shape index (κ1) is 22.6. The minimum Gasteiger partial charge on any atom is -0.466 e. The Balaban J connectivity index is 0.000000568. The maximum Gasteiger partial charge on any atom is 0.442 e. The fourth-order valence-electron chi connectivity index (χ4n) is 2.16. The van der Waals surface area contributed by atoms with Gasteiger partial charge in [-0.15, -0.1) is 0 Å². The Labute approximate surface area is 158 Å². The smallest absolute Gasteiger partial charge is 0.442 e. The van der Waals surface area contributed by atoms with E-state index in [0.717, 1.165) is 4.68 Å². The molecule has 11 heteroatoms. The average molecular weight is 398 g/mol. The number of nitriles is 1. The van der Waals surface area contributed by atoms with Gasteiger partial charge in [0.05, 0.1) is 29.7 Å². The van der Waals surface area contributed by atoms with Crippen LogP contribution in [0.15, 0.2) is 24.3 Å². The van der Waals surface area contributed by atoms with E-state index in [2.05, 4.69) is 9.84 Å². The van der Waals surface area contributed by atoms with E-state index in [-0.39, 0.29) is 18.2 Å². The Morgan fingerprint density at radius 3 is 2.25 bits per heavy atom. The highest BCUT2D eigenvalue weighted by molar-refractivity contribution is 5.65. The number of benzene rings is 1. The molecule has 0 N–H and O–H groups in total. The predicted octanol–water partition coefficient (Wildman–Crippen LogP) is 3.61. The molecule has 0 spiro atoms. The summed E-state index contributed by atoms with van der Waals surface area (Å²) in [5.41, 5.74) is -1.75. The van der Waals surface area contributed by atoms with Gasteiger partial charge in [0.15, 0.2) is 0 Å². The molecule has 0 fully saturated rings. The summed E-state index contributed by atoms with van der Waals surface area (Å²) in [7, 11) is 0. The molecule has 0 bridgehead atoms. The van der Waals surface area contributed by atoms with Crippen molar-refractivity contribution < 1.29 is 27.6 Å². The van der Waals surface area contributed by atoms with Crippen molar-refractivity contribution >= 4 is 11.7 Å². The molecular formula is C17H17F3N4O4. The number of halogens is 3. The number of carbonyl (C=O) groups excluding carboxylic acids is 1. The second-order valence-electron chi connectivity index (χ2n) is 5.43. The SMILES string of the molecule is CCOC(C)=O.Cc1c([N+](=O)[O-])c(C(F)(F)F)nn1Cc1ccc(C#N)cc1. The molecule has 28 heavy (non-hydrogen) atoms. The highest BCUT2D eigenvalue weighted by atomic mass is 19.4. The summed E-state index contributed by atoms with van der Waals surface area (Å²) < 4.78 is 43.8. The Hall–Kier alpha value is -3.42. The number of nitrogens with zero attached hydrogens (tertiary/aromatic N) is 4. The van der Waals surface area contributed by atoms with Crippen LogP contribution in [-0.4, -0.2) is 27.3 Å². The lowest BCUT2D eigenvalue weighted by Crippen LogP contribution is -2.10. The van der Waals surface area contributed by atoms with Crippen molar-refractivity contribution in [1.29, 1.82) is 5.26 Å². The van der Waals surface area contributed by atoms with E-state index in [1.807, 2.05) is 6.07 Å². The zero-order chi connectivity index (χ0) is 21.5. The highest BCUT2D eigenvalue weighted by Gasteiger charge is 2.44. The zero-order valence-electron chi connectivity index (χ0n) is 15.3. The van der Waals surface area contributed by atoms with Crippen molar-refractivity contribution in [2.24, 2.45) is 0 Å².